The Bertz CT molecular complexity index is 534. The van der Waals surface area contributed by atoms with Crippen LogP contribution in [-0.4, -0.2) is 29.5 Å². The van der Waals surface area contributed by atoms with Crippen LogP contribution in [0.2, 0.25) is 0 Å². The quantitative estimate of drug-likeness (QED) is 0.906. The molecular weight excluding hydrogens is 337 g/mol. The Morgan fingerprint density at radius 2 is 1.82 bits per heavy atom. The molecule has 1 aliphatic rings. The van der Waals surface area contributed by atoms with E-state index < -0.39 is 0 Å². The highest BCUT2D eigenvalue weighted by atomic mass is 35.5. The van der Waals surface area contributed by atoms with Crippen molar-refractivity contribution >= 4 is 41.3 Å². The highest BCUT2D eigenvalue weighted by Crippen LogP contribution is 2.24. The number of aryl methyl sites for hydroxylation is 1. The minimum atomic E-state index is 0. The molecule has 0 radical (unpaired) electrons. The summed E-state index contributed by atoms with van der Waals surface area (Å²) in [5, 5.41) is 0.729. The van der Waals surface area contributed by atoms with Crippen LogP contribution in [0.4, 0.5) is 5.13 Å². The summed E-state index contributed by atoms with van der Waals surface area (Å²) < 4.78 is 0. The fraction of sp³-hybridized carbons (Fsp3) is 0.438. The standard InChI is InChI=1S/C16H21N3S.2ClH/c17-16-18-14-8-11-19(12-9-15(14)20-16)10-4-7-13-5-2-1-3-6-13;;/h1-3,5-6H,4,7-12H2,(H2,17,18);2*1H. The predicted molar refractivity (Wildman–Crippen MR) is 99.6 cm³/mol. The SMILES string of the molecule is Cl.Cl.Nc1nc2c(s1)CCN(CCCc1ccccc1)CC2. The molecule has 2 aromatic rings. The van der Waals surface area contributed by atoms with Crippen molar-refractivity contribution in [2.75, 3.05) is 25.4 Å². The van der Waals surface area contributed by atoms with E-state index in [0.29, 0.717) is 0 Å². The smallest absolute Gasteiger partial charge is 0.180 e. The Balaban J connectivity index is 0.00000121. The van der Waals surface area contributed by atoms with Gasteiger partial charge in [0.05, 0.1) is 5.69 Å². The average Bonchev–Trinajstić information content (AvgIpc) is 2.72. The molecule has 2 N–H and O–H groups in total. The first-order chi connectivity index (χ1) is 9.81. The van der Waals surface area contributed by atoms with E-state index in [1.807, 2.05) is 0 Å². The molecule has 1 aromatic heterocycles. The van der Waals surface area contributed by atoms with Gasteiger partial charge in [0.1, 0.15) is 0 Å². The maximum Gasteiger partial charge on any atom is 0.180 e. The number of hydrogen-bond donors (Lipinski definition) is 1. The van der Waals surface area contributed by atoms with Gasteiger partial charge in [-0.25, -0.2) is 4.98 Å². The van der Waals surface area contributed by atoms with Crippen molar-refractivity contribution < 1.29 is 0 Å². The lowest BCUT2D eigenvalue weighted by Crippen LogP contribution is -2.28. The third-order valence-corrected chi connectivity index (χ3v) is 4.88. The maximum atomic E-state index is 5.78. The van der Waals surface area contributed by atoms with Crippen LogP contribution in [0.15, 0.2) is 30.3 Å². The van der Waals surface area contributed by atoms with Crippen molar-refractivity contribution in [3.05, 3.63) is 46.5 Å². The summed E-state index contributed by atoms with van der Waals surface area (Å²) in [6.45, 7) is 3.44. The van der Waals surface area contributed by atoms with Gasteiger partial charge in [-0.05, 0) is 31.4 Å². The molecule has 1 aliphatic heterocycles. The van der Waals surface area contributed by atoms with Crippen LogP contribution in [0.1, 0.15) is 22.6 Å². The highest BCUT2D eigenvalue weighted by Gasteiger charge is 2.17. The van der Waals surface area contributed by atoms with E-state index in [4.69, 9.17) is 5.73 Å². The average molecular weight is 360 g/mol. The minimum Gasteiger partial charge on any atom is -0.375 e. The summed E-state index contributed by atoms with van der Waals surface area (Å²) in [5.74, 6) is 0. The van der Waals surface area contributed by atoms with Gasteiger partial charge < -0.3 is 10.6 Å². The van der Waals surface area contributed by atoms with Gasteiger partial charge >= 0.3 is 0 Å². The van der Waals surface area contributed by atoms with Crippen molar-refractivity contribution in [3.8, 4) is 0 Å². The Morgan fingerprint density at radius 1 is 1.09 bits per heavy atom. The molecule has 1 aromatic carbocycles. The first kappa shape index (κ1) is 19.2. The van der Waals surface area contributed by atoms with Gasteiger partial charge in [0, 0.05) is 24.4 Å². The molecule has 2 heterocycles. The van der Waals surface area contributed by atoms with Crippen LogP contribution in [0.25, 0.3) is 0 Å². The zero-order chi connectivity index (χ0) is 13.8. The van der Waals surface area contributed by atoms with Gasteiger partial charge in [0.2, 0.25) is 0 Å². The molecule has 0 fully saturated rings. The number of aromatic nitrogens is 1. The van der Waals surface area contributed by atoms with Crippen molar-refractivity contribution in [1.29, 1.82) is 0 Å². The number of thiazole rings is 1. The molecule has 0 spiro atoms. The highest BCUT2D eigenvalue weighted by molar-refractivity contribution is 7.15. The summed E-state index contributed by atoms with van der Waals surface area (Å²) in [4.78, 5) is 8.40. The third-order valence-electron chi connectivity index (χ3n) is 3.90. The number of anilines is 1. The van der Waals surface area contributed by atoms with E-state index >= 15 is 0 Å². The van der Waals surface area contributed by atoms with Crippen molar-refractivity contribution in [2.24, 2.45) is 0 Å². The van der Waals surface area contributed by atoms with E-state index in [1.54, 1.807) is 11.3 Å². The van der Waals surface area contributed by atoms with E-state index in [0.717, 1.165) is 31.1 Å². The number of rotatable bonds is 4. The fourth-order valence-electron chi connectivity index (χ4n) is 2.80. The molecule has 3 nitrogen and oxygen atoms in total. The van der Waals surface area contributed by atoms with Crippen LogP contribution >= 0.6 is 36.2 Å². The number of nitrogens with two attached hydrogens (primary N) is 1. The van der Waals surface area contributed by atoms with Crippen LogP contribution in [0, 0.1) is 0 Å². The number of halogens is 2. The molecule has 0 saturated carbocycles. The van der Waals surface area contributed by atoms with Crippen molar-refractivity contribution in [3.63, 3.8) is 0 Å². The lowest BCUT2D eigenvalue weighted by atomic mass is 10.1. The van der Waals surface area contributed by atoms with Crippen molar-refractivity contribution in [1.82, 2.24) is 9.88 Å². The van der Waals surface area contributed by atoms with Gasteiger partial charge in [-0.15, -0.1) is 36.2 Å². The zero-order valence-corrected chi connectivity index (χ0v) is 15.0. The molecule has 0 aliphatic carbocycles. The maximum absolute atomic E-state index is 5.78. The molecule has 0 atom stereocenters. The Morgan fingerprint density at radius 3 is 2.59 bits per heavy atom. The minimum absolute atomic E-state index is 0. The van der Waals surface area contributed by atoms with E-state index in [2.05, 4.69) is 40.2 Å². The lowest BCUT2D eigenvalue weighted by molar-refractivity contribution is 0.284. The van der Waals surface area contributed by atoms with Crippen molar-refractivity contribution in [2.45, 2.75) is 25.7 Å². The lowest BCUT2D eigenvalue weighted by Gasteiger charge is -2.19. The summed E-state index contributed by atoms with van der Waals surface area (Å²) in [6.07, 6.45) is 4.56. The summed E-state index contributed by atoms with van der Waals surface area (Å²) in [7, 11) is 0. The Hall–Kier alpha value is -0.810. The van der Waals surface area contributed by atoms with Gasteiger partial charge in [-0.1, -0.05) is 30.3 Å². The van der Waals surface area contributed by atoms with Crippen LogP contribution < -0.4 is 5.73 Å². The normalized spacial score (nSPS) is 14.4. The number of nitrogen functional groups attached to an aromatic ring is 1. The fourth-order valence-corrected chi connectivity index (χ4v) is 3.67. The molecule has 0 amide bonds. The summed E-state index contributed by atoms with van der Waals surface area (Å²) in [6, 6.07) is 10.7. The second kappa shape index (κ2) is 9.36. The molecule has 0 bridgehead atoms. The summed E-state index contributed by atoms with van der Waals surface area (Å²) >= 11 is 1.67. The van der Waals surface area contributed by atoms with Gasteiger partial charge in [0.25, 0.3) is 0 Å². The number of fused-ring (bicyclic) bond motifs is 1. The van der Waals surface area contributed by atoms with Gasteiger partial charge in [0.15, 0.2) is 5.13 Å². The number of nitrogens with zero attached hydrogens (tertiary/aromatic N) is 2. The zero-order valence-electron chi connectivity index (χ0n) is 12.5. The van der Waals surface area contributed by atoms with Crippen LogP contribution in [0.3, 0.4) is 0 Å². The number of benzene rings is 1. The first-order valence-electron chi connectivity index (χ1n) is 7.31. The molecular formula is C16H23Cl2N3S. The molecule has 122 valence electrons. The van der Waals surface area contributed by atoms with Crippen LogP contribution in [-0.2, 0) is 19.3 Å². The predicted octanol–water partition coefficient (Wildman–Crippen LogP) is 3.60. The molecule has 22 heavy (non-hydrogen) atoms. The van der Waals surface area contributed by atoms with Gasteiger partial charge in [-0.2, -0.15) is 0 Å². The van der Waals surface area contributed by atoms with E-state index in [-0.39, 0.29) is 24.8 Å². The topological polar surface area (TPSA) is 42.1 Å². The van der Waals surface area contributed by atoms with E-state index in [1.165, 1.54) is 35.5 Å². The largest absolute Gasteiger partial charge is 0.375 e. The Labute approximate surface area is 148 Å². The second-order valence-corrected chi connectivity index (χ2v) is 6.47. The molecule has 6 heteroatoms. The second-order valence-electron chi connectivity index (χ2n) is 5.35. The monoisotopic (exact) mass is 359 g/mol. The van der Waals surface area contributed by atoms with E-state index in [9.17, 15) is 0 Å². The molecule has 0 unspecified atom stereocenters. The number of hydrogen-bond acceptors (Lipinski definition) is 4. The van der Waals surface area contributed by atoms with Gasteiger partial charge in [-0.3, -0.25) is 0 Å². The molecule has 0 saturated heterocycles. The first-order valence-corrected chi connectivity index (χ1v) is 8.13. The third kappa shape index (κ3) is 5.13. The van der Waals surface area contributed by atoms with Crippen LogP contribution in [0.5, 0.6) is 0 Å². The Kier molecular flexibility index (Phi) is 8.18. The summed E-state index contributed by atoms with van der Waals surface area (Å²) in [5.41, 5.74) is 8.46. The molecule has 3 rings (SSSR count).